The molecule has 100 valence electrons. The smallest absolute Gasteiger partial charge is 0.137 e. The van der Waals surface area contributed by atoms with Crippen molar-refractivity contribution in [3.8, 4) is 0 Å². The van der Waals surface area contributed by atoms with Crippen LogP contribution in [0.1, 0.15) is 59.7 Å². The molecule has 0 bridgehead atoms. The Hall–Kier alpha value is -1.58. The summed E-state index contributed by atoms with van der Waals surface area (Å²) in [6.45, 7) is 4.03. The number of aryl methyl sites for hydroxylation is 2. The maximum atomic E-state index is 5.46. The van der Waals surface area contributed by atoms with Crippen molar-refractivity contribution in [3.05, 3.63) is 34.0 Å². The highest BCUT2D eigenvalue weighted by atomic mass is 16.5. The van der Waals surface area contributed by atoms with Crippen LogP contribution in [0.25, 0.3) is 0 Å². The fourth-order valence-corrected chi connectivity index (χ4v) is 3.97. The number of rotatable bonds is 0. The van der Waals surface area contributed by atoms with E-state index in [1.807, 2.05) is 13.8 Å². The van der Waals surface area contributed by atoms with Gasteiger partial charge in [0.1, 0.15) is 11.5 Å². The summed E-state index contributed by atoms with van der Waals surface area (Å²) < 4.78 is 10.9. The molecule has 0 radical (unpaired) electrons. The van der Waals surface area contributed by atoms with E-state index in [0.29, 0.717) is 0 Å². The molecule has 1 spiro atoms. The van der Waals surface area contributed by atoms with Gasteiger partial charge in [-0.3, -0.25) is 0 Å². The van der Waals surface area contributed by atoms with E-state index in [2.05, 4.69) is 10.3 Å². The maximum absolute atomic E-state index is 5.46. The maximum Gasteiger partial charge on any atom is 0.137 e. The molecule has 0 unspecified atom stereocenters. The van der Waals surface area contributed by atoms with Crippen LogP contribution in [0.2, 0.25) is 0 Å². The molecule has 0 saturated carbocycles. The predicted octanol–water partition coefficient (Wildman–Crippen LogP) is 3.24. The Morgan fingerprint density at radius 1 is 0.842 bits per heavy atom. The molecule has 0 atom stereocenters. The third-order valence-corrected chi connectivity index (χ3v) is 4.94. The molecule has 2 aliphatic carbocycles. The van der Waals surface area contributed by atoms with Gasteiger partial charge in [-0.1, -0.05) is 10.3 Å². The number of nitrogens with zero attached hydrogens (tertiary/aromatic N) is 2. The minimum Gasteiger partial charge on any atom is -0.361 e. The van der Waals surface area contributed by atoms with Crippen LogP contribution in [0, 0.1) is 13.8 Å². The first-order valence-corrected chi connectivity index (χ1v) is 7.13. The van der Waals surface area contributed by atoms with Crippen molar-refractivity contribution in [2.45, 2.75) is 57.8 Å². The van der Waals surface area contributed by atoms with Crippen LogP contribution in [-0.2, 0) is 18.3 Å². The monoisotopic (exact) mass is 258 g/mol. The van der Waals surface area contributed by atoms with E-state index in [1.165, 1.54) is 24.0 Å². The fourth-order valence-electron chi connectivity index (χ4n) is 3.97. The molecule has 0 aromatic carbocycles. The van der Waals surface area contributed by atoms with Gasteiger partial charge in [0.2, 0.25) is 0 Å². The van der Waals surface area contributed by atoms with Gasteiger partial charge in [-0.2, -0.15) is 0 Å². The molecular weight excluding hydrogens is 240 g/mol. The zero-order valence-electron chi connectivity index (χ0n) is 11.5. The first-order chi connectivity index (χ1) is 9.22. The molecule has 4 rings (SSSR count). The molecule has 2 heterocycles. The van der Waals surface area contributed by atoms with Crippen molar-refractivity contribution >= 4 is 0 Å². The van der Waals surface area contributed by atoms with E-state index in [0.717, 1.165) is 48.6 Å². The van der Waals surface area contributed by atoms with Gasteiger partial charge in [-0.25, -0.2) is 0 Å². The van der Waals surface area contributed by atoms with Gasteiger partial charge in [-0.05, 0) is 52.4 Å². The van der Waals surface area contributed by atoms with Crippen LogP contribution in [-0.4, -0.2) is 10.3 Å². The number of aromatic nitrogens is 2. The molecule has 0 saturated heterocycles. The zero-order valence-corrected chi connectivity index (χ0v) is 11.5. The van der Waals surface area contributed by atoms with Crippen molar-refractivity contribution in [2.24, 2.45) is 0 Å². The second-order valence-corrected chi connectivity index (χ2v) is 5.92. The molecule has 2 aromatic heterocycles. The average Bonchev–Trinajstić information content (AvgIpc) is 2.97. The lowest BCUT2D eigenvalue weighted by Crippen LogP contribution is -2.36. The molecule has 19 heavy (non-hydrogen) atoms. The van der Waals surface area contributed by atoms with Crippen LogP contribution in [0.4, 0.5) is 0 Å². The van der Waals surface area contributed by atoms with E-state index in [9.17, 15) is 0 Å². The van der Waals surface area contributed by atoms with Crippen LogP contribution in [0.3, 0.4) is 0 Å². The van der Waals surface area contributed by atoms with E-state index < -0.39 is 0 Å². The molecule has 4 heteroatoms. The van der Waals surface area contributed by atoms with Crippen molar-refractivity contribution in [1.29, 1.82) is 0 Å². The number of fused-ring (bicyclic) bond motifs is 4. The molecular formula is C15H18N2O2. The lowest BCUT2D eigenvalue weighted by atomic mass is 9.64. The molecule has 0 fully saturated rings. The Kier molecular flexibility index (Phi) is 2.20. The number of hydrogen-bond acceptors (Lipinski definition) is 4. The molecule has 0 N–H and O–H groups in total. The predicted molar refractivity (Wildman–Crippen MR) is 69.1 cm³/mol. The second-order valence-electron chi connectivity index (χ2n) is 5.92. The highest BCUT2D eigenvalue weighted by molar-refractivity contribution is 5.44. The van der Waals surface area contributed by atoms with Crippen molar-refractivity contribution in [2.75, 3.05) is 0 Å². The summed E-state index contributed by atoms with van der Waals surface area (Å²) in [5.74, 6) is 1.95. The summed E-state index contributed by atoms with van der Waals surface area (Å²) in [6.07, 6.45) is 6.76. The largest absolute Gasteiger partial charge is 0.361 e. The Labute approximate surface area is 112 Å². The van der Waals surface area contributed by atoms with E-state index >= 15 is 0 Å². The standard InChI is InChI=1S/C15H18N2O2/c1-9-11-5-3-7-15(13(11)16-18-9)8-4-6-12-10(2)19-17-14(12)15/h3-8H2,1-2H3. The van der Waals surface area contributed by atoms with Crippen LogP contribution < -0.4 is 0 Å². The fraction of sp³-hybridized carbons (Fsp3) is 0.600. The van der Waals surface area contributed by atoms with Gasteiger partial charge in [-0.15, -0.1) is 0 Å². The van der Waals surface area contributed by atoms with Gasteiger partial charge in [0.15, 0.2) is 0 Å². The highest BCUT2D eigenvalue weighted by Gasteiger charge is 2.47. The first-order valence-electron chi connectivity index (χ1n) is 7.13. The molecule has 2 aliphatic rings. The molecule has 0 aliphatic heterocycles. The highest BCUT2D eigenvalue weighted by Crippen LogP contribution is 2.49. The Morgan fingerprint density at radius 2 is 1.32 bits per heavy atom. The zero-order chi connectivity index (χ0) is 13.0. The van der Waals surface area contributed by atoms with Gasteiger partial charge in [0, 0.05) is 11.1 Å². The molecule has 2 aromatic rings. The Morgan fingerprint density at radius 3 is 1.79 bits per heavy atom. The third-order valence-electron chi connectivity index (χ3n) is 4.94. The second kappa shape index (κ2) is 3.71. The normalized spacial score (nSPS) is 20.3. The summed E-state index contributed by atoms with van der Waals surface area (Å²) in [7, 11) is 0. The average molecular weight is 258 g/mol. The van der Waals surface area contributed by atoms with Gasteiger partial charge >= 0.3 is 0 Å². The Balaban J connectivity index is 1.97. The lowest BCUT2D eigenvalue weighted by molar-refractivity contribution is 0.309. The van der Waals surface area contributed by atoms with Gasteiger partial charge in [0.05, 0.1) is 16.8 Å². The molecule has 0 amide bonds. The quantitative estimate of drug-likeness (QED) is 0.728. The van der Waals surface area contributed by atoms with Crippen molar-refractivity contribution in [3.63, 3.8) is 0 Å². The minimum absolute atomic E-state index is 0.0450. The first kappa shape index (κ1) is 11.3. The van der Waals surface area contributed by atoms with Crippen LogP contribution in [0.15, 0.2) is 9.05 Å². The van der Waals surface area contributed by atoms with Crippen molar-refractivity contribution < 1.29 is 9.05 Å². The topological polar surface area (TPSA) is 52.1 Å². The van der Waals surface area contributed by atoms with E-state index in [-0.39, 0.29) is 5.41 Å². The summed E-state index contributed by atoms with van der Waals surface area (Å²) in [4.78, 5) is 0. The summed E-state index contributed by atoms with van der Waals surface area (Å²) in [5.41, 5.74) is 4.83. The van der Waals surface area contributed by atoms with Crippen LogP contribution >= 0.6 is 0 Å². The summed E-state index contributed by atoms with van der Waals surface area (Å²) in [6, 6.07) is 0. The van der Waals surface area contributed by atoms with Gasteiger partial charge < -0.3 is 9.05 Å². The van der Waals surface area contributed by atoms with Gasteiger partial charge in [0.25, 0.3) is 0 Å². The number of hydrogen-bond donors (Lipinski definition) is 0. The summed E-state index contributed by atoms with van der Waals surface area (Å²) in [5, 5.41) is 8.77. The Bertz CT molecular complexity index is 582. The third kappa shape index (κ3) is 1.34. The molecule has 4 nitrogen and oxygen atoms in total. The van der Waals surface area contributed by atoms with E-state index in [1.54, 1.807) is 0 Å². The van der Waals surface area contributed by atoms with Crippen LogP contribution in [0.5, 0.6) is 0 Å². The van der Waals surface area contributed by atoms with E-state index in [4.69, 9.17) is 9.05 Å². The summed E-state index contributed by atoms with van der Waals surface area (Å²) >= 11 is 0. The lowest BCUT2D eigenvalue weighted by Gasteiger charge is -2.37. The van der Waals surface area contributed by atoms with Crippen molar-refractivity contribution in [1.82, 2.24) is 10.3 Å². The minimum atomic E-state index is -0.0450. The SMILES string of the molecule is Cc1onc2c1CCCC21CCCc2c1noc2C.